The molecule has 2 heterocycles. The summed E-state index contributed by atoms with van der Waals surface area (Å²) in [6.45, 7) is 7.84. The van der Waals surface area contributed by atoms with Gasteiger partial charge in [0.15, 0.2) is 17.3 Å². The third-order valence-corrected chi connectivity index (χ3v) is 6.71. The molecule has 0 bridgehead atoms. The predicted molar refractivity (Wildman–Crippen MR) is 144 cm³/mol. The highest BCUT2D eigenvalue weighted by Crippen LogP contribution is 2.29. The molecule has 8 heteroatoms. The SMILES string of the molecule is CCCCCOc1ccc(-c2nc3s/c(=C/c4ccc(OCCC(C)C)c(OC)c4)c(=O)n3n2)cc1. The van der Waals surface area contributed by atoms with Crippen LogP contribution in [0.2, 0.25) is 0 Å². The number of hydrogen-bond acceptors (Lipinski definition) is 7. The van der Waals surface area contributed by atoms with Gasteiger partial charge in [-0.25, -0.2) is 0 Å². The zero-order valence-corrected chi connectivity index (χ0v) is 22.1. The summed E-state index contributed by atoms with van der Waals surface area (Å²) in [5, 5.41) is 4.45. The zero-order chi connectivity index (χ0) is 25.5. The summed E-state index contributed by atoms with van der Waals surface area (Å²) in [6, 6.07) is 13.3. The first kappa shape index (κ1) is 25.7. The second-order valence-corrected chi connectivity index (χ2v) is 10.1. The summed E-state index contributed by atoms with van der Waals surface area (Å²) in [5.41, 5.74) is 1.50. The Balaban J connectivity index is 1.51. The van der Waals surface area contributed by atoms with Gasteiger partial charge in [0.25, 0.3) is 5.56 Å². The Kier molecular flexibility index (Phi) is 8.59. The molecule has 7 nitrogen and oxygen atoms in total. The molecule has 0 aliphatic carbocycles. The average molecular weight is 508 g/mol. The van der Waals surface area contributed by atoms with Crippen LogP contribution in [-0.4, -0.2) is 34.9 Å². The van der Waals surface area contributed by atoms with E-state index < -0.39 is 0 Å². The Morgan fingerprint density at radius 1 is 1.03 bits per heavy atom. The van der Waals surface area contributed by atoms with Crippen LogP contribution in [0.3, 0.4) is 0 Å². The zero-order valence-electron chi connectivity index (χ0n) is 21.3. The molecule has 190 valence electrons. The minimum Gasteiger partial charge on any atom is -0.494 e. The molecule has 0 saturated heterocycles. The number of hydrogen-bond donors (Lipinski definition) is 0. The standard InChI is InChI=1S/C28H33N3O4S/c1-5-6-7-15-34-22-11-9-21(10-12-22)26-29-28-31(30-26)27(32)25(36-28)18-20-8-13-23(24(17-20)33-4)35-16-14-19(2)3/h8-13,17-19H,5-7,14-16H2,1-4H3/b25-18+. The third kappa shape index (κ3) is 6.23. The molecule has 36 heavy (non-hydrogen) atoms. The lowest BCUT2D eigenvalue weighted by Gasteiger charge is -2.12. The van der Waals surface area contributed by atoms with Crippen molar-refractivity contribution >= 4 is 22.4 Å². The molecule has 4 rings (SSSR count). The van der Waals surface area contributed by atoms with Crippen LogP contribution < -0.4 is 24.3 Å². The van der Waals surface area contributed by atoms with Crippen molar-refractivity contribution in [1.29, 1.82) is 0 Å². The maximum absolute atomic E-state index is 13.0. The van der Waals surface area contributed by atoms with Gasteiger partial charge in [-0.05, 0) is 66.8 Å². The molecule has 2 aromatic carbocycles. The highest BCUT2D eigenvalue weighted by atomic mass is 32.1. The van der Waals surface area contributed by atoms with E-state index >= 15 is 0 Å². The van der Waals surface area contributed by atoms with Crippen LogP contribution in [0.1, 0.15) is 52.0 Å². The van der Waals surface area contributed by atoms with Gasteiger partial charge in [-0.2, -0.15) is 9.50 Å². The highest BCUT2D eigenvalue weighted by Gasteiger charge is 2.13. The predicted octanol–water partition coefficient (Wildman–Crippen LogP) is 5.37. The van der Waals surface area contributed by atoms with Gasteiger partial charge >= 0.3 is 0 Å². The molecule has 0 amide bonds. The number of fused-ring (bicyclic) bond motifs is 1. The maximum Gasteiger partial charge on any atom is 0.291 e. The third-order valence-electron chi connectivity index (χ3n) is 5.75. The number of unbranched alkanes of at least 4 members (excludes halogenated alkanes) is 2. The highest BCUT2D eigenvalue weighted by molar-refractivity contribution is 7.15. The average Bonchev–Trinajstić information content (AvgIpc) is 3.42. The summed E-state index contributed by atoms with van der Waals surface area (Å²) in [7, 11) is 1.61. The van der Waals surface area contributed by atoms with Crippen LogP contribution >= 0.6 is 11.3 Å². The second-order valence-electron chi connectivity index (χ2n) is 9.07. The second kappa shape index (κ2) is 12.0. The lowest BCUT2D eigenvalue weighted by atomic mass is 10.1. The summed E-state index contributed by atoms with van der Waals surface area (Å²) < 4.78 is 19.1. The van der Waals surface area contributed by atoms with Crippen LogP contribution in [0.4, 0.5) is 0 Å². The fourth-order valence-electron chi connectivity index (χ4n) is 3.65. The largest absolute Gasteiger partial charge is 0.494 e. The Labute approximate surface area is 215 Å². The van der Waals surface area contributed by atoms with E-state index in [0.29, 0.717) is 45.9 Å². The number of rotatable bonds is 12. The monoisotopic (exact) mass is 507 g/mol. The first-order valence-electron chi connectivity index (χ1n) is 12.4. The minimum atomic E-state index is -0.194. The molecule has 2 aromatic heterocycles. The molecule has 0 aliphatic rings. The fraction of sp³-hybridized carbons (Fsp3) is 0.393. The molecule has 0 aliphatic heterocycles. The van der Waals surface area contributed by atoms with Crippen LogP contribution in [-0.2, 0) is 0 Å². The number of thiazole rings is 1. The number of aromatic nitrogens is 3. The fourth-order valence-corrected chi connectivity index (χ4v) is 4.56. The summed E-state index contributed by atoms with van der Waals surface area (Å²) in [6.07, 6.45) is 6.17. The first-order chi connectivity index (χ1) is 17.5. The van der Waals surface area contributed by atoms with E-state index in [-0.39, 0.29) is 5.56 Å². The van der Waals surface area contributed by atoms with Gasteiger partial charge in [-0.1, -0.05) is 51.0 Å². The van der Waals surface area contributed by atoms with Crippen LogP contribution in [0.5, 0.6) is 17.2 Å². The van der Waals surface area contributed by atoms with Gasteiger partial charge in [0, 0.05) is 5.56 Å². The molecule has 4 aromatic rings. The molecule has 0 N–H and O–H groups in total. The molecule has 0 atom stereocenters. The van der Waals surface area contributed by atoms with Crippen LogP contribution in [0.15, 0.2) is 47.3 Å². The van der Waals surface area contributed by atoms with E-state index in [4.69, 9.17) is 14.2 Å². The van der Waals surface area contributed by atoms with E-state index in [1.54, 1.807) is 7.11 Å². The first-order valence-corrected chi connectivity index (χ1v) is 13.3. The maximum atomic E-state index is 13.0. The number of nitrogens with zero attached hydrogens (tertiary/aromatic N) is 3. The van der Waals surface area contributed by atoms with E-state index in [1.165, 1.54) is 22.3 Å². The van der Waals surface area contributed by atoms with Gasteiger partial charge < -0.3 is 14.2 Å². The number of benzene rings is 2. The molecule has 0 fully saturated rings. The lowest BCUT2D eigenvalue weighted by Crippen LogP contribution is -2.23. The normalized spacial score (nSPS) is 12.0. The molecule has 0 saturated carbocycles. The molecule has 0 unspecified atom stereocenters. The Morgan fingerprint density at radius 3 is 2.53 bits per heavy atom. The van der Waals surface area contributed by atoms with Crippen molar-refractivity contribution in [1.82, 2.24) is 14.6 Å². The lowest BCUT2D eigenvalue weighted by molar-refractivity contribution is 0.273. The van der Waals surface area contributed by atoms with Gasteiger partial charge in [-0.15, -0.1) is 5.10 Å². The summed E-state index contributed by atoms with van der Waals surface area (Å²) >= 11 is 1.31. The van der Waals surface area contributed by atoms with Crippen molar-refractivity contribution in [3.63, 3.8) is 0 Å². The van der Waals surface area contributed by atoms with Crippen molar-refractivity contribution in [2.45, 2.75) is 46.5 Å². The van der Waals surface area contributed by atoms with Crippen molar-refractivity contribution < 1.29 is 14.2 Å². The van der Waals surface area contributed by atoms with Crippen molar-refractivity contribution in [2.24, 2.45) is 5.92 Å². The Morgan fingerprint density at radius 2 is 1.83 bits per heavy atom. The topological polar surface area (TPSA) is 75.0 Å². The van der Waals surface area contributed by atoms with Crippen LogP contribution in [0.25, 0.3) is 22.4 Å². The van der Waals surface area contributed by atoms with E-state index in [2.05, 4.69) is 30.9 Å². The van der Waals surface area contributed by atoms with Crippen molar-refractivity contribution in [2.75, 3.05) is 20.3 Å². The summed E-state index contributed by atoms with van der Waals surface area (Å²) in [5.74, 6) is 3.25. The molecule has 0 radical (unpaired) electrons. The van der Waals surface area contributed by atoms with E-state index in [0.717, 1.165) is 36.1 Å². The van der Waals surface area contributed by atoms with E-state index in [1.807, 2.05) is 48.5 Å². The van der Waals surface area contributed by atoms with E-state index in [9.17, 15) is 4.79 Å². The Bertz CT molecular complexity index is 1390. The van der Waals surface area contributed by atoms with Gasteiger partial charge in [0.2, 0.25) is 4.96 Å². The van der Waals surface area contributed by atoms with Crippen LogP contribution in [0, 0.1) is 5.92 Å². The number of ether oxygens (including phenoxy) is 3. The van der Waals surface area contributed by atoms with Gasteiger partial charge in [0.05, 0.1) is 24.9 Å². The smallest absolute Gasteiger partial charge is 0.291 e. The molecule has 0 spiro atoms. The Hall–Kier alpha value is -3.39. The summed E-state index contributed by atoms with van der Waals surface area (Å²) in [4.78, 5) is 18.1. The van der Waals surface area contributed by atoms with Gasteiger partial charge in [-0.3, -0.25) is 4.79 Å². The van der Waals surface area contributed by atoms with Crippen molar-refractivity contribution in [3.05, 3.63) is 62.9 Å². The number of methoxy groups -OCH3 is 1. The molecular formula is C28H33N3O4S. The van der Waals surface area contributed by atoms with Gasteiger partial charge in [0.1, 0.15) is 5.75 Å². The minimum absolute atomic E-state index is 0.194. The van der Waals surface area contributed by atoms with Crippen molar-refractivity contribution in [3.8, 4) is 28.6 Å². The quantitative estimate of drug-likeness (QED) is 0.240. The molecular weight excluding hydrogens is 474 g/mol.